The first kappa shape index (κ1) is 18.7. The van der Waals surface area contributed by atoms with E-state index in [1.807, 2.05) is 6.92 Å². The van der Waals surface area contributed by atoms with E-state index >= 15 is 0 Å². The first-order chi connectivity index (χ1) is 11.0. The summed E-state index contributed by atoms with van der Waals surface area (Å²) in [7, 11) is 0. The van der Waals surface area contributed by atoms with Gasteiger partial charge in [0.2, 0.25) is 5.91 Å². The number of fused-ring (bicyclic) bond motifs is 1. The highest BCUT2D eigenvalue weighted by Crippen LogP contribution is 2.28. The summed E-state index contributed by atoms with van der Waals surface area (Å²) < 4.78 is 14.4. The molecule has 1 aromatic carbocycles. The lowest BCUT2D eigenvalue weighted by atomic mass is 9.94. The summed E-state index contributed by atoms with van der Waals surface area (Å²) in [5.74, 6) is -1.02. The summed E-state index contributed by atoms with van der Waals surface area (Å²) in [5, 5.41) is 2.65. The average Bonchev–Trinajstić information content (AvgIpc) is 2.53. The van der Waals surface area contributed by atoms with Crippen LogP contribution in [-0.2, 0) is 11.2 Å². The van der Waals surface area contributed by atoms with Crippen molar-refractivity contribution in [2.45, 2.75) is 51.1 Å². The van der Waals surface area contributed by atoms with Crippen LogP contribution in [-0.4, -0.2) is 35.3 Å². The number of hydrogen-bond acceptors (Lipinski definition) is 3. The van der Waals surface area contributed by atoms with Crippen LogP contribution in [0.15, 0.2) is 12.1 Å². The summed E-state index contributed by atoms with van der Waals surface area (Å²) in [6, 6.07) is 2.65. The molecule has 0 aliphatic carbocycles. The third-order valence-electron chi connectivity index (χ3n) is 4.74. The van der Waals surface area contributed by atoms with Crippen LogP contribution >= 0.6 is 12.4 Å². The van der Waals surface area contributed by atoms with Crippen molar-refractivity contribution < 1.29 is 14.0 Å². The van der Waals surface area contributed by atoms with E-state index < -0.39 is 5.82 Å². The number of nitrogens with two attached hydrogens (primary N) is 1. The van der Waals surface area contributed by atoms with Gasteiger partial charge >= 0.3 is 0 Å². The van der Waals surface area contributed by atoms with Gasteiger partial charge in [-0.05, 0) is 50.3 Å². The predicted molar refractivity (Wildman–Crippen MR) is 92.9 cm³/mol. The number of carbonyl (C=O) groups is 2. The minimum atomic E-state index is -0.593. The summed E-state index contributed by atoms with van der Waals surface area (Å²) in [6.07, 6.45) is 3.69. The SMILES string of the molecule is CC(N)C1CCCCN1C(=O)c1cc2c(cc1F)NC(=O)CC2.Cl. The number of likely N-dealkylation sites (tertiary alicyclic amines) is 1. The number of piperidine rings is 1. The van der Waals surface area contributed by atoms with E-state index in [2.05, 4.69) is 5.32 Å². The molecule has 132 valence electrons. The maximum Gasteiger partial charge on any atom is 0.257 e. The van der Waals surface area contributed by atoms with Crippen molar-refractivity contribution in [3.05, 3.63) is 29.1 Å². The number of aryl methyl sites for hydroxylation is 1. The second-order valence-electron chi connectivity index (χ2n) is 6.46. The molecule has 2 unspecified atom stereocenters. The smallest absolute Gasteiger partial charge is 0.257 e. The number of benzene rings is 1. The Kier molecular flexibility index (Phi) is 5.83. The van der Waals surface area contributed by atoms with Crippen LogP contribution in [0.2, 0.25) is 0 Å². The monoisotopic (exact) mass is 355 g/mol. The zero-order valence-corrected chi connectivity index (χ0v) is 14.5. The Morgan fingerprint density at radius 1 is 1.38 bits per heavy atom. The van der Waals surface area contributed by atoms with E-state index in [0.717, 1.165) is 24.8 Å². The number of rotatable bonds is 2. The van der Waals surface area contributed by atoms with Crippen LogP contribution in [0.1, 0.15) is 48.5 Å². The molecule has 24 heavy (non-hydrogen) atoms. The molecular formula is C17H23ClFN3O2. The molecule has 2 heterocycles. The Bertz CT molecular complexity index is 651. The summed E-state index contributed by atoms with van der Waals surface area (Å²) in [6.45, 7) is 2.49. The highest BCUT2D eigenvalue weighted by molar-refractivity contribution is 5.98. The second-order valence-corrected chi connectivity index (χ2v) is 6.46. The van der Waals surface area contributed by atoms with E-state index in [1.54, 1.807) is 11.0 Å². The lowest BCUT2D eigenvalue weighted by molar-refractivity contribution is -0.116. The highest BCUT2D eigenvalue weighted by atomic mass is 35.5. The van der Waals surface area contributed by atoms with E-state index in [4.69, 9.17) is 5.73 Å². The molecule has 1 saturated heterocycles. The van der Waals surface area contributed by atoms with Gasteiger partial charge in [0, 0.05) is 30.7 Å². The van der Waals surface area contributed by atoms with E-state index in [0.29, 0.717) is 25.1 Å². The summed E-state index contributed by atoms with van der Waals surface area (Å²) in [5.41, 5.74) is 7.36. The lowest BCUT2D eigenvalue weighted by Gasteiger charge is -2.38. The molecule has 3 N–H and O–H groups in total. The van der Waals surface area contributed by atoms with E-state index in [9.17, 15) is 14.0 Å². The number of amides is 2. The van der Waals surface area contributed by atoms with Crippen molar-refractivity contribution in [1.82, 2.24) is 4.90 Å². The molecule has 2 amide bonds. The average molecular weight is 356 g/mol. The van der Waals surface area contributed by atoms with Crippen LogP contribution in [0.4, 0.5) is 10.1 Å². The first-order valence-electron chi connectivity index (χ1n) is 8.16. The largest absolute Gasteiger partial charge is 0.334 e. The fraction of sp³-hybridized carbons (Fsp3) is 0.529. The molecule has 0 saturated carbocycles. The Labute approximate surface area is 147 Å². The normalized spacial score (nSPS) is 21.4. The van der Waals surface area contributed by atoms with Gasteiger partial charge in [-0.2, -0.15) is 0 Å². The van der Waals surface area contributed by atoms with Gasteiger partial charge in [0.05, 0.1) is 5.56 Å². The predicted octanol–water partition coefficient (Wildman–Crippen LogP) is 2.47. The molecule has 7 heteroatoms. The van der Waals surface area contributed by atoms with Crippen LogP contribution in [0, 0.1) is 5.82 Å². The van der Waals surface area contributed by atoms with Crippen LogP contribution in [0.3, 0.4) is 0 Å². The second kappa shape index (κ2) is 7.49. The molecule has 0 bridgehead atoms. The number of nitrogens with zero attached hydrogens (tertiary/aromatic N) is 1. The molecule has 1 aromatic rings. The minimum absolute atomic E-state index is 0. The van der Waals surface area contributed by atoms with Gasteiger partial charge in [0.1, 0.15) is 5.82 Å². The van der Waals surface area contributed by atoms with Crippen molar-refractivity contribution in [1.29, 1.82) is 0 Å². The van der Waals surface area contributed by atoms with Gasteiger partial charge in [0.15, 0.2) is 0 Å². The Morgan fingerprint density at radius 2 is 2.12 bits per heavy atom. The Morgan fingerprint density at radius 3 is 2.83 bits per heavy atom. The van der Waals surface area contributed by atoms with Crippen molar-refractivity contribution in [3.8, 4) is 0 Å². The fourth-order valence-electron chi connectivity index (χ4n) is 3.48. The molecule has 2 aliphatic heterocycles. The molecule has 0 spiro atoms. The van der Waals surface area contributed by atoms with Gasteiger partial charge < -0.3 is 16.0 Å². The van der Waals surface area contributed by atoms with E-state index in [-0.39, 0.29) is 41.9 Å². The van der Waals surface area contributed by atoms with Gasteiger partial charge in [-0.3, -0.25) is 9.59 Å². The quantitative estimate of drug-likeness (QED) is 0.855. The zero-order valence-electron chi connectivity index (χ0n) is 13.7. The first-order valence-corrected chi connectivity index (χ1v) is 8.16. The molecule has 0 aromatic heterocycles. The fourth-order valence-corrected chi connectivity index (χ4v) is 3.48. The van der Waals surface area contributed by atoms with Gasteiger partial charge in [-0.15, -0.1) is 12.4 Å². The summed E-state index contributed by atoms with van der Waals surface area (Å²) >= 11 is 0. The van der Waals surface area contributed by atoms with Gasteiger partial charge in [-0.1, -0.05) is 0 Å². The van der Waals surface area contributed by atoms with Crippen molar-refractivity contribution in [3.63, 3.8) is 0 Å². The topological polar surface area (TPSA) is 75.4 Å². The maximum absolute atomic E-state index is 14.4. The number of anilines is 1. The molecule has 2 aliphatic rings. The lowest BCUT2D eigenvalue weighted by Crippen LogP contribution is -2.51. The van der Waals surface area contributed by atoms with Crippen molar-refractivity contribution in [2.24, 2.45) is 5.73 Å². The zero-order chi connectivity index (χ0) is 16.6. The minimum Gasteiger partial charge on any atom is -0.334 e. The maximum atomic E-state index is 14.4. The number of carbonyl (C=O) groups excluding carboxylic acids is 2. The van der Waals surface area contributed by atoms with Crippen LogP contribution < -0.4 is 11.1 Å². The van der Waals surface area contributed by atoms with E-state index in [1.165, 1.54) is 6.07 Å². The molecule has 2 atom stereocenters. The standard InChI is InChI=1S/C17H22FN3O2.ClH/c1-10(19)15-4-2-3-7-21(15)17(23)12-8-11-5-6-16(22)20-14(11)9-13(12)18;/h8-10,15H,2-7,19H2,1H3,(H,20,22);1H. The number of nitrogens with one attached hydrogen (secondary N) is 1. The van der Waals surface area contributed by atoms with Crippen LogP contribution in [0.5, 0.6) is 0 Å². The number of halogens is 2. The van der Waals surface area contributed by atoms with Crippen LogP contribution in [0.25, 0.3) is 0 Å². The van der Waals surface area contributed by atoms with Crippen molar-refractivity contribution >= 4 is 29.9 Å². The molecule has 0 radical (unpaired) electrons. The van der Waals surface area contributed by atoms with Gasteiger partial charge in [0.25, 0.3) is 5.91 Å². The molecule has 3 rings (SSSR count). The number of hydrogen-bond donors (Lipinski definition) is 2. The Balaban J connectivity index is 0.00000208. The third kappa shape index (κ3) is 3.54. The molecule has 1 fully saturated rings. The highest BCUT2D eigenvalue weighted by Gasteiger charge is 2.32. The van der Waals surface area contributed by atoms with Crippen molar-refractivity contribution in [2.75, 3.05) is 11.9 Å². The Hall–Kier alpha value is -1.66. The molecular weight excluding hydrogens is 333 g/mol. The summed E-state index contributed by atoms with van der Waals surface area (Å²) in [4.78, 5) is 25.9. The van der Waals surface area contributed by atoms with Gasteiger partial charge in [-0.25, -0.2) is 4.39 Å². The third-order valence-corrected chi connectivity index (χ3v) is 4.74. The molecule has 5 nitrogen and oxygen atoms in total.